The molecule has 4 rings (SSSR count). The number of rotatable bonds is 6. The summed E-state index contributed by atoms with van der Waals surface area (Å²) >= 11 is 1.61. The van der Waals surface area contributed by atoms with Crippen LogP contribution in [0, 0.1) is 6.92 Å². The van der Waals surface area contributed by atoms with E-state index in [1.54, 1.807) is 23.5 Å². The molecule has 0 bridgehead atoms. The van der Waals surface area contributed by atoms with Gasteiger partial charge in [-0.15, -0.1) is 10.2 Å². The number of nitrogens with zero attached hydrogens (tertiary/aromatic N) is 4. The predicted molar refractivity (Wildman–Crippen MR) is 114 cm³/mol. The van der Waals surface area contributed by atoms with E-state index in [0.29, 0.717) is 0 Å². The van der Waals surface area contributed by atoms with Gasteiger partial charge in [0, 0.05) is 11.3 Å². The summed E-state index contributed by atoms with van der Waals surface area (Å²) in [5, 5.41) is 16.1. The second kappa shape index (κ2) is 8.27. The van der Waals surface area contributed by atoms with Crippen molar-refractivity contribution in [3.05, 3.63) is 83.7 Å². The van der Waals surface area contributed by atoms with E-state index in [4.69, 9.17) is 4.74 Å². The summed E-state index contributed by atoms with van der Waals surface area (Å²) < 4.78 is 7.32. The number of benzene rings is 3. The summed E-state index contributed by atoms with van der Waals surface area (Å²) in [7, 11) is 1.67. The van der Waals surface area contributed by atoms with Gasteiger partial charge in [-0.3, -0.25) is 0 Å². The van der Waals surface area contributed by atoms with Crippen LogP contribution in [0.4, 0.5) is 0 Å². The van der Waals surface area contributed by atoms with Gasteiger partial charge in [-0.2, -0.15) is 9.78 Å². The second-order valence-electron chi connectivity index (χ2n) is 6.26. The summed E-state index contributed by atoms with van der Waals surface area (Å²) in [6, 6.07) is 22.5. The lowest BCUT2D eigenvalue weighted by molar-refractivity contribution is 0.415. The third-order valence-electron chi connectivity index (χ3n) is 4.43. The Balaban J connectivity index is 1.66. The van der Waals surface area contributed by atoms with Gasteiger partial charge in [0.15, 0.2) is 5.82 Å². The number of aryl methyl sites for hydroxylation is 1. The van der Waals surface area contributed by atoms with E-state index in [0.717, 1.165) is 38.8 Å². The van der Waals surface area contributed by atoms with Crippen molar-refractivity contribution >= 4 is 28.7 Å². The fourth-order valence-corrected chi connectivity index (χ4v) is 3.87. The molecule has 0 aliphatic heterocycles. The summed E-state index contributed by atoms with van der Waals surface area (Å²) in [6.07, 6.45) is 1.82. The Kier molecular flexibility index (Phi) is 5.39. The normalized spacial score (nSPS) is 11.4. The Morgan fingerprint density at radius 3 is 2.61 bits per heavy atom. The van der Waals surface area contributed by atoms with E-state index in [2.05, 4.69) is 45.6 Å². The van der Waals surface area contributed by atoms with Crippen LogP contribution in [0.5, 0.6) is 5.75 Å². The number of hydrogen-bond acceptors (Lipinski definition) is 5. The molecule has 1 heterocycles. The van der Waals surface area contributed by atoms with Gasteiger partial charge >= 0.3 is 0 Å². The Morgan fingerprint density at radius 1 is 1.00 bits per heavy atom. The van der Waals surface area contributed by atoms with Crippen LogP contribution in [0.3, 0.4) is 0 Å². The zero-order chi connectivity index (χ0) is 19.3. The smallest absolute Gasteiger partial charge is 0.212 e. The van der Waals surface area contributed by atoms with E-state index in [1.807, 2.05) is 49.5 Å². The van der Waals surface area contributed by atoms with Crippen molar-refractivity contribution in [2.45, 2.75) is 17.8 Å². The van der Waals surface area contributed by atoms with Crippen molar-refractivity contribution in [3.8, 4) is 5.75 Å². The lowest BCUT2D eigenvalue weighted by Crippen LogP contribution is -1.98. The number of thioether (sulfide) groups is 1. The van der Waals surface area contributed by atoms with Crippen LogP contribution < -0.4 is 4.74 Å². The second-order valence-corrected chi connectivity index (χ2v) is 7.21. The van der Waals surface area contributed by atoms with E-state index < -0.39 is 0 Å². The van der Waals surface area contributed by atoms with Gasteiger partial charge in [0.25, 0.3) is 0 Å². The third kappa shape index (κ3) is 3.77. The molecule has 0 aliphatic rings. The maximum atomic E-state index is 5.55. The molecule has 4 aromatic rings. The third-order valence-corrected chi connectivity index (χ3v) is 5.42. The number of hydrogen-bond donors (Lipinski definition) is 0. The lowest BCUT2D eigenvalue weighted by atomic mass is 10.0. The zero-order valence-electron chi connectivity index (χ0n) is 15.7. The molecule has 0 saturated carbocycles. The first-order chi connectivity index (χ1) is 13.8. The van der Waals surface area contributed by atoms with Crippen molar-refractivity contribution < 1.29 is 4.74 Å². The average molecular weight is 388 g/mol. The molecule has 0 N–H and O–H groups in total. The minimum Gasteiger partial charge on any atom is -0.496 e. The molecule has 1 aromatic heterocycles. The maximum Gasteiger partial charge on any atom is 0.212 e. The van der Waals surface area contributed by atoms with Gasteiger partial charge in [0.05, 0.1) is 13.3 Å². The van der Waals surface area contributed by atoms with Crippen LogP contribution in [-0.4, -0.2) is 28.2 Å². The number of fused-ring (bicyclic) bond motifs is 1. The Labute approximate surface area is 168 Å². The van der Waals surface area contributed by atoms with Crippen LogP contribution in [0.2, 0.25) is 0 Å². The monoisotopic (exact) mass is 388 g/mol. The first-order valence-corrected chi connectivity index (χ1v) is 9.93. The predicted octanol–water partition coefficient (Wildman–Crippen LogP) is 4.92. The first kappa shape index (κ1) is 18.3. The van der Waals surface area contributed by atoms with Crippen molar-refractivity contribution in [2.75, 3.05) is 7.11 Å². The number of methoxy groups -OCH3 is 1. The van der Waals surface area contributed by atoms with Gasteiger partial charge in [0.1, 0.15) is 5.75 Å². The zero-order valence-corrected chi connectivity index (χ0v) is 16.6. The summed E-state index contributed by atoms with van der Waals surface area (Å²) in [6.45, 7) is 1.90. The summed E-state index contributed by atoms with van der Waals surface area (Å²) in [4.78, 5) is 0. The molecule has 0 aliphatic carbocycles. The molecule has 0 radical (unpaired) electrons. The molecular formula is C22H20N4OS. The fraction of sp³-hybridized carbons (Fsp3) is 0.136. The van der Waals surface area contributed by atoms with E-state index in [9.17, 15) is 0 Å². The SMILES string of the molecule is COc1ccc2ccccc2c1/C=N\n1c(C)nnc1SCc1ccccc1. The fourth-order valence-electron chi connectivity index (χ4n) is 2.99. The van der Waals surface area contributed by atoms with Crippen molar-refractivity contribution in [1.82, 2.24) is 14.9 Å². The van der Waals surface area contributed by atoms with Crippen molar-refractivity contribution in [1.29, 1.82) is 0 Å². The molecule has 0 amide bonds. The standard InChI is InChI=1S/C22H20N4OS/c1-16-24-25-22(28-15-17-8-4-3-5-9-17)26(16)23-14-20-19-11-7-6-10-18(19)12-13-21(20)27-2/h3-14H,15H2,1-2H3/b23-14-. The molecular weight excluding hydrogens is 368 g/mol. The van der Waals surface area contributed by atoms with Gasteiger partial charge < -0.3 is 4.74 Å². The van der Waals surface area contributed by atoms with Crippen LogP contribution in [-0.2, 0) is 5.75 Å². The van der Waals surface area contributed by atoms with Crippen molar-refractivity contribution in [3.63, 3.8) is 0 Å². The minimum atomic E-state index is 0.742. The highest BCUT2D eigenvalue weighted by molar-refractivity contribution is 7.98. The van der Waals surface area contributed by atoms with Crippen molar-refractivity contribution in [2.24, 2.45) is 5.10 Å². The van der Waals surface area contributed by atoms with Gasteiger partial charge in [-0.25, -0.2) is 0 Å². The van der Waals surface area contributed by atoms with E-state index >= 15 is 0 Å². The minimum absolute atomic E-state index is 0.742. The highest BCUT2D eigenvalue weighted by Gasteiger charge is 2.10. The molecule has 0 saturated heterocycles. The number of ether oxygens (including phenoxy) is 1. The highest BCUT2D eigenvalue weighted by atomic mass is 32.2. The quantitative estimate of drug-likeness (QED) is 0.347. The molecule has 28 heavy (non-hydrogen) atoms. The Morgan fingerprint density at radius 2 is 1.79 bits per heavy atom. The topological polar surface area (TPSA) is 52.3 Å². The lowest BCUT2D eigenvalue weighted by Gasteiger charge is -2.09. The van der Waals surface area contributed by atoms with Gasteiger partial charge in [-0.1, -0.05) is 72.4 Å². The molecule has 0 unspecified atom stereocenters. The molecule has 0 spiro atoms. The van der Waals surface area contributed by atoms with Crippen LogP contribution in [0.25, 0.3) is 10.8 Å². The summed E-state index contributed by atoms with van der Waals surface area (Å²) in [5.74, 6) is 2.34. The Bertz CT molecular complexity index is 1120. The molecule has 6 heteroatoms. The van der Waals surface area contributed by atoms with Crippen LogP contribution in [0.15, 0.2) is 77.0 Å². The van der Waals surface area contributed by atoms with Crippen LogP contribution >= 0.6 is 11.8 Å². The Hall–Kier alpha value is -3.12. The highest BCUT2D eigenvalue weighted by Crippen LogP contribution is 2.27. The molecule has 3 aromatic carbocycles. The summed E-state index contributed by atoms with van der Waals surface area (Å²) in [5.41, 5.74) is 2.17. The maximum absolute atomic E-state index is 5.55. The van der Waals surface area contributed by atoms with E-state index in [-0.39, 0.29) is 0 Å². The average Bonchev–Trinajstić information content (AvgIpc) is 3.10. The largest absolute Gasteiger partial charge is 0.496 e. The number of aromatic nitrogens is 3. The molecule has 0 fully saturated rings. The molecule has 5 nitrogen and oxygen atoms in total. The molecule has 0 atom stereocenters. The molecule has 140 valence electrons. The van der Waals surface area contributed by atoms with Gasteiger partial charge in [-0.05, 0) is 29.3 Å². The first-order valence-electron chi connectivity index (χ1n) is 8.95. The van der Waals surface area contributed by atoms with Gasteiger partial charge in [0.2, 0.25) is 5.16 Å². The van der Waals surface area contributed by atoms with Crippen LogP contribution in [0.1, 0.15) is 17.0 Å². The van der Waals surface area contributed by atoms with E-state index in [1.165, 1.54) is 5.56 Å².